The Kier molecular flexibility index (Phi) is 7.85. The topological polar surface area (TPSA) is 16.4 Å². The molecule has 0 fully saturated rings. The molecule has 0 unspecified atom stereocenters. The summed E-state index contributed by atoms with van der Waals surface area (Å²) < 4.78 is 6.16. The average Bonchev–Trinajstić information content (AvgIpc) is 3.61. The van der Waals surface area contributed by atoms with Crippen LogP contribution in [0, 0.1) is 0 Å². The molecule has 9 aromatic carbocycles. The zero-order valence-electron chi connectivity index (χ0n) is 29.6. The lowest BCUT2D eigenvalue weighted by Crippen LogP contribution is -2.11. The maximum atomic E-state index is 6.16. The summed E-state index contributed by atoms with van der Waals surface area (Å²) in [5, 5.41) is 4.66. The predicted molar refractivity (Wildman–Crippen MR) is 228 cm³/mol. The minimum Gasteiger partial charge on any atom is -0.456 e. The second-order valence-corrected chi connectivity index (χ2v) is 13.8. The van der Waals surface area contributed by atoms with Crippen LogP contribution in [0.25, 0.3) is 77.2 Å². The first kappa shape index (κ1) is 31.6. The molecule has 0 bridgehead atoms. The van der Waals surface area contributed by atoms with E-state index in [9.17, 15) is 0 Å². The summed E-state index contributed by atoms with van der Waals surface area (Å²) in [7, 11) is 0. The highest BCUT2D eigenvalue weighted by Gasteiger charge is 2.18. The summed E-state index contributed by atoms with van der Waals surface area (Å²) in [4.78, 5) is 2.37. The van der Waals surface area contributed by atoms with Gasteiger partial charge in [0.05, 0.1) is 5.69 Å². The van der Waals surface area contributed by atoms with Crippen molar-refractivity contribution in [3.63, 3.8) is 0 Å². The summed E-state index contributed by atoms with van der Waals surface area (Å²) in [5.74, 6) is 0. The molecule has 10 aromatic rings. The van der Waals surface area contributed by atoms with Crippen LogP contribution in [0.15, 0.2) is 217 Å². The summed E-state index contributed by atoms with van der Waals surface area (Å²) >= 11 is 0. The fourth-order valence-electron chi connectivity index (χ4n) is 7.70. The molecule has 1 heterocycles. The molecule has 0 aliphatic carbocycles. The molecule has 0 aliphatic rings. The van der Waals surface area contributed by atoms with Crippen LogP contribution in [0.2, 0.25) is 0 Å². The van der Waals surface area contributed by atoms with E-state index in [1.54, 1.807) is 0 Å². The molecule has 0 amide bonds. The molecule has 2 heteroatoms. The molecule has 0 saturated heterocycles. The predicted octanol–water partition coefficient (Wildman–Crippen LogP) is 14.9. The molecular weight excluding hydrogens is 655 g/mol. The van der Waals surface area contributed by atoms with Gasteiger partial charge in [-0.15, -0.1) is 0 Å². The van der Waals surface area contributed by atoms with E-state index in [0.29, 0.717) is 0 Å². The van der Waals surface area contributed by atoms with Crippen LogP contribution < -0.4 is 4.90 Å². The minimum atomic E-state index is 0.921. The van der Waals surface area contributed by atoms with Gasteiger partial charge in [0.2, 0.25) is 0 Å². The van der Waals surface area contributed by atoms with E-state index in [2.05, 4.69) is 205 Å². The van der Waals surface area contributed by atoms with E-state index in [0.717, 1.165) is 39.0 Å². The van der Waals surface area contributed by atoms with Crippen LogP contribution in [0.3, 0.4) is 0 Å². The van der Waals surface area contributed by atoms with Crippen molar-refractivity contribution in [1.82, 2.24) is 0 Å². The summed E-state index contributed by atoms with van der Waals surface area (Å²) in [6.45, 7) is 0. The molecule has 0 radical (unpaired) electrons. The van der Waals surface area contributed by atoms with Crippen LogP contribution in [0.5, 0.6) is 0 Å². The molecule has 254 valence electrons. The first-order valence-corrected chi connectivity index (χ1v) is 18.4. The van der Waals surface area contributed by atoms with Gasteiger partial charge in [0.15, 0.2) is 0 Å². The van der Waals surface area contributed by atoms with Gasteiger partial charge in [0, 0.05) is 27.7 Å². The van der Waals surface area contributed by atoms with Gasteiger partial charge in [-0.1, -0.05) is 158 Å². The van der Waals surface area contributed by atoms with Crippen LogP contribution in [0.1, 0.15) is 0 Å². The van der Waals surface area contributed by atoms with E-state index in [1.807, 2.05) is 12.1 Å². The smallest absolute Gasteiger partial charge is 0.136 e. The quantitative estimate of drug-likeness (QED) is 0.166. The fraction of sp³-hybridized carbons (Fsp3) is 0. The van der Waals surface area contributed by atoms with Crippen molar-refractivity contribution in [3.8, 4) is 44.5 Å². The summed E-state index contributed by atoms with van der Waals surface area (Å²) in [6.07, 6.45) is 0. The molecule has 0 aliphatic heterocycles. The van der Waals surface area contributed by atoms with Crippen LogP contribution in [-0.2, 0) is 0 Å². The SMILES string of the molecule is c1ccc(-c2ccc(-c3ccc(N(c4ccc(-c5ccc6cc7oc8ccccc8c7cc6c5)cc4)c4ccccc4-c4ccccc4)cc3)cc2)cc1. The second-order valence-electron chi connectivity index (χ2n) is 13.8. The van der Waals surface area contributed by atoms with Gasteiger partial charge in [-0.25, -0.2) is 0 Å². The van der Waals surface area contributed by atoms with Gasteiger partial charge < -0.3 is 9.32 Å². The minimum absolute atomic E-state index is 0.921. The lowest BCUT2D eigenvalue weighted by atomic mass is 9.98. The average molecular weight is 690 g/mol. The summed E-state index contributed by atoms with van der Waals surface area (Å²) in [5.41, 5.74) is 14.7. The number of benzene rings is 9. The van der Waals surface area contributed by atoms with Gasteiger partial charge >= 0.3 is 0 Å². The van der Waals surface area contributed by atoms with Gasteiger partial charge in [0.25, 0.3) is 0 Å². The Hall–Kier alpha value is -7.16. The normalized spacial score (nSPS) is 11.3. The van der Waals surface area contributed by atoms with Crippen LogP contribution >= 0.6 is 0 Å². The van der Waals surface area contributed by atoms with Gasteiger partial charge in [-0.05, 0) is 104 Å². The number of para-hydroxylation sites is 2. The first-order chi connectivity index (χ1) is 26.7. The fourth-order valence-corrected chi connectivity index (χ4v) is 7.70. The molecule has 0 spiro atoms. The maximum Gasteiger partial charge on any atom is 0.136 e. The Morgan fingerprint density at radius 3 is 1.46 bits per heavy atom. The van der Waals surface area contributed by atoms with Crippen LogP contribution in [0.4, 0.5) is 17.1 Å². The van der Waals surface area contributed by atoms with Gasteiger partial charge in [0.1, 0.15) is 11.2 Å². The van der Waals surface area contributed by atoms with Crippen molar-refractivity contribution < 1.29 is 4.42 Å². The Labute approximate surface area is 314 Å². The van der Waals surface area contributed by atoms with E-state index in [-0.39, 0.29) is 0 Å². The van der Waals surface area contributed by atoms with Crippen molar-refractivity contribution in [2.45, 2.75) is 0 Å². The zero-order chi connectivity index (χ0) is 35.8. The van der Waals surface area contributed by atoms with Crippen molar-refractivity contribution in [2.75, 3.05) is 4.90 Å². The number of nitrogens with zero attached hydrogens (tertiary/aromatic N) is 1. The zero-order valence-corrected chi connectivity index (χ0v) is 29.6. The Morgan fingerprint density at radius 2 is 0.796 bits per heavy atom. The highest BCUT2D eigenvalue weighted by atomic mass is 16.3. The van der Waals surface area contributed by atoms with Crippen molar-refractivity contribution in [3.05, 3.63) is 212 Å². The largest absolute Gasteiger partial charge is 0.456 e. The highest BCUT2D eigenvalue weighted by Crippen LogP contribution is 2.42. The lowest BCUT2D eigenvalue weighted by molar-refractivity contribution is 0.669. The highest BCUT2D eigenvalue weighted by molar-refractivity contribution is 6.10. The molecular formula is C52H35NO. The van der Waals surface area contributed by atoms with E-state index >= 15 is 0 Å². The number of hydrogen-bond acceptors (Lipinski definition) is 2. The third-order valence-electron chi connectivity index (χ3n) is 10.5. The molecule has 1 aromatic heterocycles. The van der Waals surface area contributed by atoms with E-state index in [1.165, 1.54) is 55.3 Å². The molecule has 2 nitrogen and oxygen atoms in total. The van der Waals surface area contributed by atoms with E-state index in [4.69, 9.17) is 4.42 Å². The summed E-state index contributed by atoms with van der Waals surface area (Å²) in [6, 6.07) is 76.0. The van der Waals surface area contributed by atoms with E-state index < -0.39 is 0 Å². The molecule has 0 saturated carbocycles. The Bertz CT molecular complexity index is 2890. The van der Waals surface area contributed by atoms with Crippen LogP contribution in [-0.4, -0.2) is 0 Å². The monoisotopic (exact) mass is 689 g/mol. The number of fused-ring (bicyclic) bond motifs is 4. The Morgan fingerprint density at radius 1 is 0.296 bits per heavy atom. The second kappa shape index (κ2) is 13.4. The molecule has 0 N–H and O–H groups in total. The van der Waals surface area contributed by atoms with Gasteiger partial charge in [-0.2, -0.15) is 0 Å². The number of hydrogen-bond donors (Lipinski definition) is 0. The number of rotatable bonds is 7. The van der Waals surface area contributed by atoms with Crippen molar-refractivity contribution in [2.24, 2.45) is 0 Å². The maximum absolute atomic E-state index is 6.16. The number of anilines is 3. The molecule has 0 atom stereocenters. The standard InChI is InChI=1S/C52H35NO/c1-3-11-36(12-4-1)37-19-21-38(22-20-37)39-25-29-45(30-26-39)53(50-17-9-7-15-47(50)41-13-5-2-6-14-41)46-31-27-40(28-32-46)42-23-24-43-35-52-49(34-44(43)33-42)48-16-8-10-18-51(48)54-52/h1-35H. The third kappa shape index (κ3) is 5.81. The first-order valence-electron chi connectivity index (χ1n) is 18.4. The van der Waals surface area contributed by atoms with Crippen molar-refractivity contribution >= 4 is 49.8 Å². The number of furan rings is 1. The Balaban J connectivity index is 1.02. The molecule has 10 rings (SSSR count). The van der Waals surface area contributed by atoms with Gasteiger partial charge in [-0.3, -0.25) is 0 Å². The molecule has 54 heavy (non-hydrogen) atoms. The third-order valence-corrected chi connectivity index (χ3v) is 10.5. The lowest BCUT2D eigenvalue weighted by Gasteiger charge is -2.28. The van der Waals surface area contributed by atoms with Crippen molar-refractivity contribution in [1.29, 1.82) is 0 Å².